The number of rotatable bonds is 4. The van der Waals surface area contributed by atoms with Crippen molar-refractivity contribution in [3.8, 4) is 0 Å². The van der Waals surface area contributed by atoms with Gasteiger partial charge in [0.1, 0.15) is 0 Å². The highest BCUT2D eigenvalue weighted by Crippen LogP contribution is 2.25. The lowest BCUT2D eigenvalue weighted by atomic mass is 10.0. The Morgan fingerprint density at radius 3 is 2.74 bits per heavy atom. The average Bonchev–Trinajstić information content (AvgIpc) is 2.56. The lowest BCUT2D eigenvalue weighted by molar-refractivity contribution is -0.121. The molecule has 0 aliphatic carbocycles. The molecule has 1 aromatic carbocycles. The second kappa shape index (κ2) is 7.35. The molecule has 1 amide bonds. The molecule has 1 saturated heterocycles. The first-order chi connectivity index (χ1) is 11.2. The van der Waals surface area contributed by atoms with E-state index in [4.69, 9.17) is 4.74 Å². The number of morpholine rings is 1. The largest absolute Gasteiger partial charge is 0.375 e. The third kappa shape index (κ3) is 4.15. The Morgan fingerprint density at radius 1 is 1.26 bits per heavy atom. The summed E-state index contributed by atoms with van der Waals surface area (Å²) in [5, 5.41) is 2.91. The highest BCUT2D eigenvalue weighted by molar-refractivity contribution is 5.92. The molecule has 1 fully saturated rings. The Kier molecular flexibility index (Phi) is 5.00. The van der Waals surface area contributed by atoms with Crippen LogP contribution in [0.2, 0.25) is 0 Å². The van der Waals surface area contributed by atoms with Gasteiger partial charge in [0.05, 0.1) is 25.3 Å². The third-order valence-corrected chi connectivity index (χ3v) is 3.97. The van der Waals surface area contributed by atoms with E-state index in [0.29, 0.717) is 13.2 Å². The highest BCUT2D eigenvalue weighted by atomic mass is 16.5. The summed E-state index contributed by atoms with van der Waals surface area (Å²) >= 11 is 0. The molecule has 5 heteroatoms. The van der Waals surface area contributed by atoms with E-state index in [2.05, 4.69) is 27.3 Å². The van der Waals surface area contributed by atoms with E-state index >= 15 is 0 Å². The number of aromatic nitrogens is 1. The molecule has 3 rings (SSSR count). The van der Waals surface area contributed by atoms with Gasteiger partial charge in [-0.05, 0) is 24.6 Å². The summed E-state index contributed by atoms with van der Waals surface area (Å²) in [6.07, 6.45) is 3.46. The van der Waals surface area contributed by atoms with Crippen molar-refractivity contribution in [3.05, 3.63) is 60.4 Å². The molecule has 1 aliphatic heterocycles. The fourth-order valence-electron chi connectivity index (χ4n) is 2.85. The van der Waals surface area contributed by atoms with Crippen LogP contribution in [0, 0.1) is 0 Å². The second-order valence-electron chi connectivity index (χ2n) is 5.78. The van der Waals surface area contributed by atoms with Crippen LogP contribution in [0.5, 0.6) is 0 Å². The Balaban J connectivity index is 1.68. The van der Waals surface area contributed by atoms with E-state index in [1.807, 2.05) is 25.1 Å². The molecular weight excluding hydrogens is 290 g/mol. The van der Waals surface area contributed by atoms with Crippen LogP contribution in [0.15, 0.2) is 54.9 Å². The summed E-state index contributed by atoms with van der Waals surface area (Å²) in [4.78, 5) is 18.5. The molecule has 2 aromatic rings. The zero-order valence-electron chi connectivity index (χ0n) is 13.2. The van der Waals surface area contributed by atoms with E-state index in [1.165, 1.54) is 5.56 Å². The number of hydrogen-bond donors (Lipinski definition) is 1. The molecule has 2 heterocycles. The van der Waals surface area contributed by atoms with Crippen LogP contribution in [0.4, 0.5) is 5.69 Å². The number of carbonyl (C=O) groups is 1. The van der Waals surface area contributed by atoms with Crippen LogP contribution < -0.4 is 5.32 Å². The van der Waals surface area contributed by atoms with Crippen molar-refractivity contribution in [2.45, 2.75) is 19.1 Å². The normalized spacial score (nSPS) is 21.8. The Bertz CT molecular complexity index is 633. The number of ether oxygens (including phenoxy) is 1. The van der Waals surface area contributed by atoms with Gasteiger partial charge in [0, 0.05) is 24.6 Å². The van der Waals surface area contributed by atoms with Crippen LogP contribution in [-0.2, 0) is 9.53 Å². The van der Waals surface area contributed by atoms with E-state index in [0.717, 1.165) is 12.2 Å². The van der Waals surface area contributed by atoms with Crippen molar-refractivity contribution >= 4 is 11.6 Å². The van der Waals surface area contributed by atoms with Crippen LogP contribution in [0.25, 0.3) is 0 Å². The van der Waals surface area contributed by atoms with Crippen molar-refractivity contribution in [1.29, 1.82) is 0 Å². The number of amides is 1. The van der Waals surface area contributed by atoms with E-state index in [9.17, 15) is 4.79 Å². The molecule has 0 saturated carbocycles. The molecule has 2 atom stereocenters. The van der Waals surface area contributed by atoms with Crippen molar-refractivity contribution in [3.63, 3.8) is 0 Å². The first-order valence-corrected chi connectivity index (χ1v) is 7.83. The molecular formula is C18H21N3O2. The quantitative estimate of drug-likeness (QED) is 0.942. The fraction of sp³-hybridized carbons (Fsp3) is 0.333. The Labute approximate surface area is 136 Å². The number of benzene rings is 1. The van der Waals surface area contributed by atoms with Gasteiger partial charge >= 0.3 is 0 Å². The zero-order valence-corrected chi connectivity index (χ0v) is 13.2. The molecule has 1 N–H and O–H groups in total. The van der Waals surface area contributed by atoms with Crippen LogP contribution in [0.1, 0.15) is 18.5 Å². The molecule has 120 valence electrons. The van der Waals surface area contributed by atoms with Crippen LogP contribution >= 0.6 is 0 Å². The van der Waals surface area contributed by atoms with Crippen LogP contribution in [0.3, 0.4) is 0 Å². The maximum atomic E-state index is 12.4. The number of anilines is 1. The monoisotopic (exact) mass is 311 g/mol. The molecule has 1 aromatic heterocycles. The lowest BCUT2D eigenvalue weighted by Gasteiger charge is -2.38. The van der Waals surface area contributed by atoms with Crippen LogP contribution in [-0.4, -0.2) is 41.6 Å². The molecule has 0 spiro atoms. The van der Waals surface area contributed by atoms with E-state index < -0.39 is 0 Å². The van der Waals surface area contributed by atoms with Gasteiger partial charge in [-0.1, -0.05) is 30.3 Å². The number of pyridine rings is 1. The summed E-state index contributed by atoms with van der Waals surface area (Å²) in [6, 6.07) is 13.9. The fourth-order valence-corrected chi connectivity index (χ4v) is 2.85. The number of nitrogens with one attached hydrogen (secondary N) is 1. The standard InChI is InChI=1S/C18H21N3O2/c1-14-11-21(12-18(22)20-16-7-9-19-10-8-16)17(13-23-14)15-5-3-2-4-6-15/h2-10,14,17H,11-13H2,1H3,(H,19,20,22)/t14-,17+/m0/s1. The van der Waals surface area contributed by atoms with Crippen molar-refractivity contribution in [1.82, 2.24) is 9.88 Å². The van der Waals surface area contributed by atoms with E-state index in [1.54, 1.807) is 24.5 Å². The maximum Gasteiger partial charge on any atom is 0.238 e. The summed E-state index contributed by atoms with van der Waals surface area (Å²) in [6.45, 7) is 3.72. The predicted molar refractivity (Wildman–Crippen MR) is 89.0 cm³/mol. The first-order valence-electron chi connectivity index (χ1n) is 7.83. The molecule has 0 unspecified atom stereocenters. The van der Waals surface area contributed by atoms with Gasteiger partial charge in [0.25, 0.3) is 0 Å². The molecule has 0 radical (unpaired) electrons. The third-order valence-electron chi connectivity index (χ3n) is 3.97. The zero-order chi connectivity index (χ0) is 16.1. The first kappa shape index (κ1) is 15.6. The minimum atomic E-state index is -0.0220. The number of carbonyl (C=O) groups excluding carboxylic acids is 1. The van der Waals surface area contributed by atoms with Crippen molar-refractivity contribution in [2.24, 2.45) is 0 Å². The lowest BCUT2D eigenvalue weighted by Crippen LogP contribution is -2.46. The number of nitrogens with zero attached hydrogens (tertiary/aromatic N) is 2. The van der Waals surface area contributed by atoms with Gasteiger partial charge in [-0.15, -0.1) is 0 Å². The van der Waals surface area contributed by atoms with Gasteiger partial charge in [0.15, 0.2) is 0 Å². The summed E-state index contributed by atoms with van der Waals surface area (Å²) in [7, 11) is 0. The van der Waals surface area contributed by atoms with Gasteiger partial charge in [-0.3, -0.25) is 14.7 Å². The molecule has 23 heavy (non-hydrogen) atoms. The summed E-state index contributed by atoms with van der Waals surface area (Å²) in [5.41, 5.74) is 1.94. The summed E-state index contributed by atoms with van der Waals surface area (Å²) < 4.78 is 5.79. The second-order valence-corrected chi connectivity index (χ2v) is 5.78. The molecule has 1 aliphatic rings. The topological polar surface area (TPSA) is 54.5 Å². The Morgan fingerprint density at radius 2 is 2.00 bits per heavy atom. The molecule has 0 bridgehead atoms. The van der Waals surface area contributed by atoms with Gasteiger partial charge in [-0.25, -0.2) is 0 Å². The van der Waals surface area contributed by atoms with Crippen molar-refractivity contribution in [2.75, 3.05) is 25.0 Å². The maximum absolute atomic E-state index is 12.4. The minimum absolute atomic E-state index is 0.0220. The predicted octanol–water partition coefficient (Wildman–Crippen LogP) is 2.48. The average molecular weight is 311 g/mol. The molecule has 5 nitrogen and oxygen atoms in total. The minimum Gasteiger partial charge on any atom is -0.375 e. The Hall–Kier alpha value is -2.24. The smallest absolute Gasteiger partial charge is 0.238 e. The SMILES string of the molecule is C[C@H]1CN(CC(=O)Nc2ccncc2)[C@@H](c2ccccc2)CO1. The van der Waals surface area contributed by atoms with Crippen molar-refractivity contribution < 1.29 is 9.53 Å². The van der Waals surface area contributed by atoms with Gasteiger partial charge in [0.2, 0.25) is 5.91 Å². The van der Waals surface area contributed by atoms with Gasteiger partial charge in [-0.2, -0.15) is 0 Å². The van der Waals surface area contributed by atoms with E-state index in [-0.39, 0.29) is 18.1 Å². The number of hydrogen-bond acceptors (Lipinski definition) is 4. The summed E-state index contributed by atoms with van der Waals surface area (Å²) in [5.74, 6) is -0.0220. The highest BCUT2D eigenvalue weighted by Gasteiger charge is 2.29. The van der Waals surface area contributed by atoms with Gasteiger partial charge < -0.3 is 10.1 Å².